The average Bonchev–Trinajstić information content (AvgIpc) is 4.05. The summed E-state index contributed by atoms with van der Waals surface area (Å²) < 4.78 is 93.6. The molecule has 0 spiro atoms. The van der Waals surface area contributed by atoms with Gasteiger partial charge in [0.25, 0.3) is 0 Å². The van der Waals surface area contributed by atoms with Crippen LogP contribution in [0.3, 0.4) is 0 Å². The van der Waals surface area contributed by atoms with E-state index < -0.39 is 38.3 Å². The van der Waals surface area contributed by atoms with Gasteiger partial charge in [-0.2, -0.15) is 0 Å². The van der Waals surface area contributed by atoms with Crippen LogP contribution in [0, 0.1) is 0 Å². The number of hydrogen-bond acceptors (Lipinski definition) is 1. The molecular weight excluding hydrogens is 721 g/mol. The molecule has 0 N–H and O–H groups in total. The van der Waals surface area contributed by atoms with Gasteiger partial charge in [0.05, 0.1) is 45.5 Å². The second kappa shape index (κ2) is 12.8. The molecule has 0 saturated heterocycles. The fraction of sp³-hybridized carbons (Fsp3) is 0. The van der Waals surface area contributed by atoms with E-state index in [9.17, 15) is 5.48 Å². The van der Waals surface area contributed by atoms with Crippen LogP contribution in [-0.4, -0.2) is 17.2 Å². The molecule has 0 fully saturated rings. The number of fused-ring (bicyclic) bond motifs is 10. The number of furan rings is 1. The Balaban J connectivity index is 1.30. The standard InChI is InChI=1S/C54H36N2OSi/c1-4-18-38(19-5-1)58(39-20-6-2-7-21-39,40-22-8-3-9-23-40)41-34-32-37(33-35-41)55-48-30-16-12-26-44(48)52-49(36-51-53(54(52)55)45-27-13-17-31-50(45)57-51)56-46-28-14-10-24-42(46)43-25-11-15-29-47(43)56/h1-36H/i12D,13D,16D,17D,26D,27D,30D,31D,36D. The molecule has 0 aliphatic heterocycles. The second-order valence-corrected chi connectivity index (χ2v) is 18.3. The number of rotatable bonds is 6. The van der Waals surface area contributed by atoms with Crippen LogP contribution in [0.5, 0.6) is 0 Å². The molecule has 3 nitrogen and oxygen atoms in total. The molecule has 0 unspecified atom stereocenters. The van der Waals surface area contributed by atoms with E-state index in [1.54, 1.807) is 4.57 Å². The first kappa shape index (κ1) is 25.0. The minimum Gasteiger partial charge on any atom is -0.456 e. The van der Waals surface area contributed by atoms with Gasteiger partial charge in [0.15, 0.2) is 8.07 Å². The van der Waals surface area contributed by atoms with Crippen LogP contribution < -0.4 is 20.7 Å². The molecule has 12 aromatic rings. The number of aromatic nitrogens is 2. The van der Waals surface area contributed by atoms with Crippen molar-refractivity contribution in [3.05, 3.63) is 218 Å². The summed E-state index contributed by atoms with van der Waals surface area (Å²) in [5, 5.41) is 7.11. The van der Waals surface area contributed by atoms with Crippen molar-refractivity contribution >= 4 is 94.4 Å². The topological polar surface area (TPSA) is 23.0 Å². The van der Waals surface area contributed by atoms with Crippen LogP contribution >= 0.6 is 0 Å². The summed E-state index contributed by atoms with van der Waals surface area (Å²) in [6.45, 7) is 0. The number of nitrogens with zero attached hydrogens (tertiary/aromatic N) is 2. The van der Waals surface area contributed by atoms with E-state index >= 15 is 0 Å². The average molecular weight is 766 g/mol. The van der Waals surface area contributed by atoms with Crippen molar-refractivity contribution in [2.24, 2.45) is 0 Å². The molecule has 9 aromatic carbocycles. The third-order valence-corrected chi connectivity index (χ3v) is 16.4. The van der Waals surface area contributed by atoms with Gasteiger partial charge < -0.3 is 13.6 Å². The molecule has 0 amide bonds. The first-order valence-corrected chi connectivity index (χ1v) is 21.2. The van der Waals surface area contributed by atoms with Gasteiger partial charge in [-0.15, -0.1) is 0 Å². The molecule has 0 saturated carbocycles. The van der Waals surface area contributed by atoms with E-state index in [1.807, 2.05) is 83.4 Å². The lowest BCUT2D eigenvalue weighted by molar-refractivity contribution is 0.669. The molecule has 12 rings (SSSR count). The quantitative estimate of drug-likeness (QED) is 0.122. The van der Waals surface area contributed by atoms with Crippen molar-refractivity contribution < 1.29 is 16.8 Å². The van der Waals surface area contributed by atoms with Crippen LogP contribution in [0.1, 0.15) is 12.3 Å². The van der Waals surface area contributed by atoms with Gasteiger partial charge >= 0.3 is 0 Å². The zero-order chi connectivity index (χ0) is 46.0. The SMILES string of the molecule is [2H]c1c([2H])c([2H])c2c(oc3c([2H])c(-n4c5ccccc5c5ccccc54)c4c5c([2H])c([2H])c([2H])c([2H])c5n(-c5ccc([Si](c6ccccc6)(c6ccccc6)c6ccccc6)cc5)c4c32)c1[2H]. The van der Waals surface area contributed by atoms with Crippen LogP contribution in [0.15, 0.2) is 223 Å². The lowest BCUT2D eigenvalue weighted by atomic mass is 10.1. The zero-order valence-corrected chi connectivity index (χ0v) is 31.9. The Morgan fingerprint density at radius 1 is 0.397 bits per heavy atom. The molecule has 3 aromatic heterocycles. The zero-order valence-electron chi connectivity index (χ0n) is 39.9. The summed E-state index contributed by atoms with van der Waals surface area (Å²) in [6, 6.07) is 51.8. The number of hydrogen-bond donors (Lipinski definition) is 0. The largest absolute Gasteiger partial charge is 0.456 e. The highest BCUT2D eigenvalue weighted by molar-refractivity contribution is 7.19. The summed E-state index contributed by atoms with van der Waals surface area (Å²) in [5.74, 6) is 0. The van der Waals surface area contributed by atoms with Crippen molar-refractivity contribution in [3.8, 4) is 11.4 Å². The van der Waals surface area contributed by atoms with E-state index in [0.29, 0.717) is 16.6 Å². The Bertz CT molecular complexity index is 3870. The van der Waals surface area contributed by atoms with E-state index in [2.05, 4.69) is 84.9 Å². The Morgan fingerprint density at radius 3 is 1.50 bits per heavy atom. The summed E-state index contributed by atoms with van der Waals surface area (Å²) in [5.41, 5.74) is 2.63. The van der Waals surface area contributed by atoms with E-state index in [1.165, 1.54) is 15.6 Å². The first-order valence-electron chi connectivity index (χ1n) is 23.7. The van der Waals surface area contributed by atoms with E-state index in [4.69, 9.17) is 11.3 Å². The molecule has 0 aliphatic carbocycles. The summed E-state index contributed by atoms with van der Waals surface area (Å²) in [6.07, 6.45) is 0. The van der Waals surface area contributed by atoms with Crippen LogP contribution in [0.2, 0.25) is 0 Å². The molecule has 272 valence electrons. The van der Waals surface area contributed by atoms with Crippen molar-refractivity contribution in [1.29, 1.82) is 0 Å². The minimum atomic E-state index is -3.01. The first-order chi connectivity index (χ1) is 32.5. The number of benzene rings is 9. The van der Waals surface area contributed by atoms with Crippen LogP contribution in [0.25, 0.3) is 76.9 Å². The molecule has 0 atom stereocenters. The predicted octanol–water partition coefficient (Wildman–Crippen LogP) is 11.2. The monoisotopic (exact) mass is 765 g/mol. The van der Waals surface area contributed by atoms with Crippen LogP contribution in [0.4, 0.5) is 0 Å². The maximum Gasteiger partial charge on any atom is 0.179 e. The van der Waals surface area contributed by atoms with Gasteiger partial charge in [-0.3, -0.25) is 0 Å². The van der Waals surface area contributed by atoms with Crippen molar-refractivity contribution in [1.82, 2.24) is 9.13 Å². The molecule has 0 radical (unpaired) electrons. The van der Waals surface area contributed by atoms with E-state index in [-0.39, 0.29) is 62.7 Å². The van der Waals surface area contributed by atoms with Crippen molar-refractivity contribution in [2.45, 2.75) is 0 Å². The maximum absolute atomic E-state index is 10.2. The Kier molecular flexibility index (Phi) is 5.52. The van der Waals surface area contributed by atoms with E-state index in [0.717, 1.165) is 27.0 Å². The van der Waals surface area contributed by atoms with Crippen LogP contribution in [-0.2, 0) is 0 Å². The normalized spacial score (nSPS) is 14.3. The Hall–Kier alpha value is -7.40. The van der Waals surface area contributed by atoms with Gasteiger partial charge in [-0.05, 0) is 57.1 Å². The molecule has 0 aliphatic rings. The van der Waals surface area contributed by atoms with Gasteiger partial charge in [0, 0.05) is 38.7 Å². The third-order valence-electron chi connectivity index (χ3n) is 11.6. The van der Waals surface area contributed by atoms with Gasteiger partial charge in [-0.25, -0.2) is 0 Å². The highest BCUT2D eigenvalue weighted by Crippen LogP contribution is 2.45. The highest BCUT2D eigenvalue weighted by Gasteiger charge is 2.41. The molecule has 0 bridgehead atoms. The summed E-state index contributed by atoms with van der Waals surface area (Å²) >= 11 is 0. The predicted molar refractivity (Wildman–Crippen MR) is 246 cm³/mol. The van der Waals surface area contributed by atoms with Crippen molar-refractivity contribution in [3.63, 3.8) is 0 Å². The fourth-order valence-corrected chi connectivity index (χ4v) is 14.0. The summed E-state index contributed by atoms with van der Waals surface area (Å²) in [4.78, 5) is 0. The van der Waals surface area contributed by atoms with Gasteiger partial charge in [-0.1, -0.05) is 176 Å². The molecule has 4 heteroatoms. The Labute approximate surface area is 348 Å². The molecule has 58 heavy (non-hydrogen) atoms. The molecule has 3 heterocycles. The summed E-state index contributed by atoms with van der Waals surface area (Å²) in [7, 11) is -3.01. The number of para-hydroxylation sites is 4. The maximum atomic E-state index is 10.2. The smallest absolute Gasteiger partial charge is 0.179 e. The van der Waals surface area contributed by atoms with Crippen molar-refractivity contribution in [2.75, 3.05) is 0 Å². The third kappa shape index (κ3) is 4.61. The lowest BCUT2D eigenvalue weighted by Crippen LogP contribution is -2.74. The highest BCUT2D eigenvalue weighted by atomic mass is 28.3. The van der Waals surface area contributed by atoms with Gasteiger partial charge in [0.1, 0.15) is 11.2 Å². The lowest BCUT2D eigenvalue weighted by Gasteiger charge is -2.34. The van der Waals surface area contributed by atoms with Gasteiger partial charge in [0.2, 0.25) is 0 Å². The fourth-order valence-electron chi connectivity index (χ4n) is 9.28. The molecular formula is C54H36N2OSi. The minimum absolute atomic E-state index is 0.00838. The second-order valence-electron chi connectivity index (χ2n) is 14.5. The Morgan fingerprint density at radius 2 is 0.897 bits per heavy atom.